The van der Waals surface area contributed by atoms with Gasteiger partial charge in [0.25, 0.3) is 0 Å². The van der Waals surface area contributed by atoms with Gasteiger partial charge in [-0.25, -0.2) is 5.43 Å². The Morgan fingerprint density at radius 3 is 3.57 bits per heavy atom. The molecule has 2 heteroatoms. The molecule has 2 nitrogen and oxygen atoms in total. The van der Waals surface area contributed by atoms with Crippen LogP contribution in [0.4, 0.5) is 0 Å². The Hall–Kier alpha value is -0.760. The van der Waals surface area contributed by atoms with Gasteiger partial charge in [-0.1, -0.05) is 12.2 Å². The van der Waals surface area contributed by atoms with Gasteiger partial charge >= 0.3 is 0 Å². The topological polar surface area (TPSA) is 24.1 Å². The number of rotatable bonds is 0. The second-order valence-electron chi connectivity index (χ2n) is 1.24. The van der Waals surface area contributed by atoms with Gasteiger partial charge in [0.2, 0.25) is 0 Å². The van der Waals surface area contributed by atoms with Gasteiger partial charge in [0, 0.05) is 12.7 Å². The molecular weight excluding hydrogens is 88.1 g/mol. The zero-order valence-corrected chi connectivity index (χ0v) is 3.94. The van der Waals surface area contributed by atoms with Gasteiger partial charge in [-0.2, -0.15) is 0 Å². The quantitative estimate of drug-likeness (QED) is 0.441. The molecule has 0 spiro atoms. The molecule has 1 rings (SSSR count). The fourth-order valence-corrected chi connectivity index (χ4v) is 0.386. The molecule has 0 bridgehead atoms. The average Bonchev–Trinajstić information content (AvgIpc) is 1.90. The number of nitrogens with one attached hydrogen (secondary N) is 2. The summed E-state index contributed by atoms with van der Waals surface area (Å²) in [6, 6.07) is 0. The van der Waals surface area contributed by atoms with Crippen molar-refractivity contribution in [3.63, 3.8) is 0 Å². The van der Waals surface area contributed by atoms with Crippen molar-refractivity contribution in [2.24, 2.45) is 0 Å². The second kappa shape index (κ2) is 2.42. The lowest BCUT2D eigenvalue weighted by Gasteiger charge is -1.93. The van der Waals surface area contributed by atoms with Crippen LogP contribution in [-0.2, 0) is 0 Å². The van der Waals surface area contributed by atoms with Crippen molar-refractivity contribution in [2.45, 2.75) is 0 Å². The Kier molecular flexibility index (Phi) is 1.52. The van der Waals surface area contributed by atoms with Crippen molar-refractivity contribution in [2.75, 3.05) is 6.54 Å². The lowest BCUT2D eigenvalue weighted by Crippen LogP contribution is -2.25. The monoisotopic (exact) mass is 95.1 g/mol. The van der Waals surface area contributed by atoms with Gasteiger partial charge in [-0.15, -0.1) is 0 Å². The van der Waals surface area contributed by atoms with Crippen molar-refractivity contribution < 1.29 is 0 Å². The third kappa shape index (κ3) is 1.41. The highest BCUT2D eigenvalue weighted by atomic mass is 15.3. The first-order valence-corrected chi connectivity index (χ1v) is 2.21. The van der Waals surface area contributed by atoms with E-state index in [9.17, 15) is 0 Å². The molecule has 37 valence electrons. The Balaban J connectivity index is 2.39. The van der Waals surface area contributed by atoms with Crippen LogP contribution in [-0.4, -0.2) is 6.54 Å². The minimum Gasteiger partial charge on any atom is -0.328 e. The van der Waals surface area contributed by atoms with Crippen LogP contribution >= 0.6 is 0 Å². The summed E-state index contributed by atoms with van der Waals surface area (Å²) in [5.41, 5.74) is 5.69. The summed E-state index contributed by atoms with van der Waals surface area (Å²) in [5, 5.41) is 0. The van der Waals surface area contributed by atoms with Crippen molar-refractivity contribution in [1.82, 2.24) is 10.9 Å². The first-order valence-electron chi connectivity index (χ1n) is 2.21. The number of hydrazine groups is 1. The predicted molar refractivity (Wildman–Crippen MR) is 28.1 cm³/mol. The summed E-state index contributed by atoms with van der Waals surface area (Å²) in [6.07, 6.45) is 8.44. The van der Waals surface area contributed by atoms with E-state index >= 15 is 0 Å². The van der Waals surface area contributed by atoms with Gasteiger partial charge in [0.05, 0.1) is 0 Å². The summed E-state index contributed by atoms with van der Waals surface area (Å²) in [7, 11) is 0. The van der Waals surface area contributed by atoms with Crippen LogP contribution in [0.1, 0.15) is 0 Å². The van der Waals surface area contributed by atoms with E-state index in [2.05, 4.69) is 16.9 Å². The Labute approximate surface area is 42.9 Å². The third-order valence-electron chi connectivity index (χ3n) is 0.692. The molecule has 7 heavy (non-hydrogen) atoms. The van der Waals surface area contributed by atoms with Crippen LogP contribution in [0.3, 0.4) is 0 Å². The molecule has 1 heterocycles. The Morgan fingerprint density at radius 1 is 1.57 bits per heavy atom. The molecule has 0 saturated heterocycles. The first kappa shape index (κ1) is 4.40. The summed E-state index contributed by atoms with van der Waals surface area (Å²) < 4.78 is 0. The first-order chi connectivity index (χ1) is 3.50. The summed E-state index contributed by atoms with van der Waals surface area (Å²) in [6.45, 7) is 0.865. The molecule has 0 aliphatic carbocycles. The third-order valence-corrected chi connectivity index (χ3v) is 0.692. The molecule has 2 N–H and O–H groups in total. The molecule has 0 aromatic rings. The van der Waals surface area contributed by atoms with Crippen molar-refractivity contribution in [3.05, 3.63) is 24.4 Å². The zero-order valence-electron chi connectivity index (χ0n) is 3.94. The van der Waals surface area contributed by atoms with Crippen LogP contribution in [0, 0.1) is 6.08 Å². The molecule has 0 aromatic heterocycles. The molecular formula is C5H7N2. The predicted octanol–water partition coefficient (Wildman–Crippen LogP) is -0.0327. The van der Waals surface area contributed by atoms with Gasteiger partial charge in [0.1, 0.15) is 0 Å². The standard InChI is InChI=1S/C5H7N2/c1-2-4-6-7-5-3-1/h1-2,5-7H,4H2. The van der Waals surface area contributed by atoms with Crippen LogP contribution in [0.5, 0.6) is 0 Å². The smallest absolute Gasteiger partial charge is 0.0331 e. The lowest BCUT2D eigenvalue weighted by molar-refractivity contribution is 0.686. The minimum atomic E-state index is 0.865. The van der Waals surface area contributed by atoms with E-state index in [1.807, 2.05) is 12.2 Å². The maximum Gasteiger partial charge on any atom is 0.0331 e. The van der Waals surface area contributed by atoms with E-state index in [-0.39, 0.29) is 0 Å². The summed E-state index contributed by atoms with van der Waals surface area (Å²) >= 11 is 0. The molecule has 0 unspecified atom stereocenters. The van der Waals surface area contributed by atoms with E-state index in [4.69, 9.17) is 0 Å². The molecule has 0 fully saturated rings. The molecule has 0 aromatic carbocycles. The van der Waals surface area contributed by atoms with Crippen LogP contribution in [0.25, 0.3) is 0 Å². The van der Waals surface area contributed by atoms with Crippen molar-refractivity contribution in [3.8, 4) is 0 Å². The maximum atomic E-state index is 2.89. The van der Waals surface area contributed by atoms with Crippen LogP contribution < -0.4 is 10.9 Å². The number of hydrogen-bond donors (Lipinski definition) is 2. The fourth-order valence-electron chi connectivity index (χ4n) is 0.386. The molecule has 1 radical (unpaired) electrons. The van der Waals surface area contributed by atoms with Crippen molar-refractivity contribution >= 4 is 0 Å². The zero-order chi connectivity index (χ0) is 4.95. The van der Waals surface area contributed by atoms with E-state index in [0.717, 1.165) is 6.54 Å². The Bertz CT molecular complexity index is 82.3. The highest BCUT2D eigenvalue weighted by Crippen LogP contribution is 1.73. The largest absolute Gasteiger partial charge is 0.328 e. The maximum absolute atomic E-state index is 2.89. The average molecular weight is 95.1 g/mol. The van der Waals surface area contributed by atoms with Crippen LogP contribution in [0.2, 0.25) is 0 Å². The lowest BCUT2D eigenvalue weighted by atomic mass is 10.5. The van der Waals surface area contributed by atoms with Gasteiger partial charge < -0.3 is 5.43 Å². The normalized spacial score (nSPS) is 18.3. The SMILES string of the molecule is [C]1=CNNCC=C1. The Morgan fingerprint density at radius 2 is 2.57 bits per heavy atom. The van der Waals surface area contributed by atoms with Gasteiger partial charge in [-0.3, -0.25) is 0 Å². The molecule has 0 atom stereocenters. The fraction of sp³-hybridized carbons (Fsp3) is 0.200. The summed E-state index contributed by atoms with van der Waals surface area (Å²) in [5.74, 6) is 0. The van der Waals surface area contributed by atoms with E-state index in [1.54, 1.807) is 6.20 Å². The van der Waals surface area contributed by atoms with E-state index in [1.165, 1.54) is 0 Å². The van der Waals surface area contributed by atoms with Crippen LogP contribution in [0.15, 0.2) is 18.4 Å². The molecule has 1 aliphatic heterocycles. The van der Waals surface area contributed by atoms with Crippen molar-refractivity contribution in [1.29, 1.82) is 0 Å². The highest BCUT2D eigenvalue weighted by molar-refractivity contribution is 4.97. The van der Waals surface area contributed by atoms with Gasteiger partial charge in [-0.05, 0) is 6.08 Å². The summed E-state index contributed by atoms with van der Waals surface area (Å²) in [4.78, 5) is 0. The minimum absolute atomic E-state index is 0.865. The molecule has 0 amide bonds. The van der Waals surface area contributed by atoms with E-state index in [0.29, 0.717) is 0 Å². The highest BCUT2D eigenvalue weighted by Gasteiger charge is 1.76. The van der Waals surface area contributed by atoms with Gasteiger partial charge in [0.15, 0.2) is 0 Å². The number of hydrogen-bond acceptors (Lipinski definition) is 2. The van der Waals surface area contributed by atoms with E-state index < -0.39 is 0 Å². The molecule has 1 aliphatic rings. The molecule has 0 saturated carbocycles. The second-order valence-corrected chi connectivity index (χ2v) is 1.24. The number of allylic oxidation sites excluding steroid dienone is 2.